The van der Waals surface area contributed by atoms with Crippen LogP contribution in [0.1, 0.15) is 5.56 Å². The first-order chi connectivity index (χ1) is 5.66. The molecule has 1 rings (SSSR count). The van der Waals surface area contributed by atoms with Gasteiger partial charge in [0, 0.05) is 14.1 Å². The summed E-state index contributed by atoms with van der Waals surface area (Å²) >= 11 is 0. The topological polar surface area (TPSA) is 27.0 Å². The highest BCUT2D eigenvalue weighted by molar-refractivity contribution is 5.58. The fourth-order valence-electron chi connectivity index (χ4n) is 0.996. The van der Waals surface area contributed by atoms with Crippen LogP contribution in [0, 0.1) is 17.1 Å². The number of halogens is 1. The molecule has 62 valence electrons. The van der Waals surface area contributed by atoms with Gasteiger partial charge >= 0.3 is 0 Å². The molecule has 0 fully saturated rings. The molecule has 0 amide bonds. The van der Waals surface area contributed by atoms with E-state index in [0.29, 0.717) is 5.69 Å². The Balaban J connectivity index is 3.30. The standard InChI is InChI=1S/C9H9FN2/c1-12(2)9-5-3-4-8(10)7(9)6-11/h3-5H,1-2H3. The van der Waals surface area contributed by atoms with E-state index in [4.69, 9.17) is 5.26 Å². The van der Waals surface area contributed by atoms with E-state index < -0.39 is 5.82 Å². The van der Waals surface area contributed by atoms with E-state index in [2.05, 4.69) is 0 Å². The van der Waals surface area contributed by atoms with Crippen LogP contribution in [0.5, 0.6) is 0 Å². The lowest BCUT2D eigenvalue weighted by Crippen LogP contribution is -2.11. The average molecular weight is 164 g/mol. The van der Waals surface area contributed by atoms with E-state index in [1.807, 2.05) is 6.07 Å². The van der Waals surface area contributed by atoms with E-state index >= 15 is 0 Å². The molecule has 0 heterocycles. The van der Waals surface area contributed by atoms with Crippen molar-refractivity contribution in [2.45, 2.75) is 0 Å². The van der Waals surface area contributed by atoms with Crippen molar-refractivity contribution < 1.29 is 4.39 Å². The quantitative estimate of drug-likeness (QED) is 0.632. The summed E-state index contributed by atoms with van der Waals surface area (Å²) in [6.07, 6.45) is 0. The maximum Gasteiger partial charge on any atom is 0.143 e. The number of nitrogens with zero attached hydrogens (tertiary/aromatic N) is 2. The van der Waals surface area contributed by atoms with Gasteiger partial charge in [-0.25, -0.2) is 4.39 Å². The van der Waals surface area contributed by atoms with Crippen molar-refractivity contribution in [1.82, 2.24) is 0 Å². The van der Waals surface area contributed by atoms with E-state index in [1.165, 1.54) is 6.07 Å². The Morgan fingerprint density at radius 1 is 1.42 bits per heavy atom. The minimum absolute atomic E-state index is 0.0995. The summed E-state index contributed by atoms with van der Waals surface area (Å²) in [6.45, 7) is 0. The molecule has 0 aliphatic rings. The van der Waals surface area contributed by atoms with Crippen LogP contribution < -0.4 is 4.90 Å². The average Bonchev–Trinajstić information content (AvgIpc) is 2.03. The third-order valence-corrected chi connectivity index (χ3v) is 1.59. The van der Waals surface area contributed by atoms with E-state index in [0.717, 1.165) is 0 Å². The van der Waals surface area contributed by atoms with Crippen LogP contribution >= 0.6 is 0 Å². The number of benzene rings is 1. The maximum atomic E-state index is 13.0. The Hall–Kier alpha value is -1.56. The van der Waals surface area contributed by atoms with Crippen LogP contribution in [0.4, 0.5) is 10.1 Å². The Morgan fingerprint density at radius 3 is 2.50 bits per heavy atom. The first-order valence-electron chi connectivity index (χ1n) is 3.52. The molecule has 2 nitrogen and oxygen atoms in total. The Labute approximate surface area is 70.8 Å². The summed E-state index contributed by atoms with van der Waals surface area (Å²) in [5, 5.41) is 8.63. The lowest BCUT2D eigenvalue weighted by Gasteiger charge is -2.13. The molecule has 1 aromatic rings. The van der Waals surface area contributed by atoms with Gasteiger partial charge in [0.2, 0.25) is 0 Å². The van der Waals surface area contributed by atoms with E-state index in [1.54, 1.807) is 31.1 Å². The highest BCUT2D eigenvalue weighted by Gasteiger charge is 2.07. The minimum atomic E-state index is -0.469. The maximum absolute atomic E-state index is 13.0. The van der Waals surface area contributed by atoms with Gasteiger partial charge in [0.1, 0.15) is 17.4 Å². The van der Waals surface area contributed by atoms with Crippen molar-refractivity contribution in [3.63, 3.8) is 0 Å². The van der Waals surface area contributed by atoms with Crippen molar-refractivity contribution in [2.75, 3.05) is 19.0 Å². The normalized spacial score (nSPS) is 9.17. The molecule has 1 aromatic carbocycles. The predicted octanol–water partition coefficient (Wildman–Crippen LogP) is 1.76. The van der Waals surface area contributed by atoms with Crippen LogP contribution in [0.3, 0.4) is 0 Å². The zero-order valence-corrected chi connectivity index (χ0v) is 7.00. The summed E-state index contributed by atoms with van der Waals surface area (Å²) < 4.78 is 13.0. The Bertz CT molecular complexity index is 326. The van der Waals surface area contributed by atoms with Crippen LogP contribution in [0.2, 0.25) is 0 Å². The number of rotatable bonds is 1. The second-order valence-corrected chi connectivity index (χ2v) is 2.64. The van der Waals surface area contributed by atoms with Crippen LogP contribution in [0.15, 0.2) is 18.2 Å². The lowest BCUT2D eigenvalue weighted by molar-refractivity contribution is 0.623. The highest BCUT2D eigenvalue weighted by atomic mass is 19.1. The van der Waals surface area contributed by atoms with Gasteiger partial charge in [0.05, 0.1) is 5.69 Å². The van der Waals surface area contributed by atoms with Gasteiger partial charge in [-0.15, -0.1) is 0 Å². The Kier molecular flexibility index (Phi) is 2.29. The second kappa shape index (κ2) is 3.22. The van der Waals surface area contributed by atoms with Gasteiger partial charge in [0.15, 0.2) is 0 Å². The summed E-state index contributed by atoms with van der Waals surface area (Å²) in [5.41, 5.74) is 0.708. The monoisotopic (exact) mass is 164 g/mol. The largest absolute Gasteiger partial charge is 0.377 e. The number of anilines is 1. The fourth-order valence-corrected chi connectivity index (χ4v) is 0.996. The minimum Gasteiger partial charge on any atom is -0.377 e. The zero-order valence-electron chi connectivity index (χ0n) is 7.00. The van der Waals surface area contributed by atoms with Gasteiger partial charge in [-0.2, -0.15) is 5.26 Å². The third kappa shape index (κ3) is 1.37. The summed E-state index contributed by atoms with van der Waals surface area (Å²) in [7, 11) is 3.55. The van der Waals surface area contributed by atoms with Crippen LogP contribution in [0.25, 0.3) is 0 Å². The Morgan fingerprint density at radius 2 is 2.08 bits per heavy atom. The smallest absolute Gasteiger partial charge is 0.143 e. The summed E-state index contributed by atoms with van der Waals surface area (Å²) in [6, 6.07) is 6.41. The lowest BCUT2D eigenvalue weighted by atomic mass is 10.2. The number of hydrogen-bond donors (Lipinski definition) is 0. The van der Waals surface area contributed by atoms with Crippen molar-refractivity contribution in [3.8, 4) is 6.07 Å². The van der Waals surface area contributed by atoms with Gasteiger partial charge in [-0.05, 0) is 12.1 Å². The van der Waals surface area contributed by atoms with Gasteiger partial charge in [0.25, 0.3) is 0 Å². The molecule has 3 heteroatoms. The summed E-state index contributed by atoms with van der Waals surface area (Å²) in [4.78, 5) is 1.71. The van der Waals surface area contributed by atoms with Gasteiger partial charge in [-0.1, -0.05) is 6.07 Å². The molecule has 0 bridgehead atoms. The van der Waals surface area contributed by atoms with Crippen molar-refractivity contribution in [2.24, 2.45) is 0 Å². The molecule has 0 aliphatic carbocycles. The number of nitriles is 1. The van der Waals surface area contributed by atoms with Crippen LogP contribution in [-0.2, 0) is 0 Å². The molecule has 0 aliphatic heterocycles. The molecule has 0 saturated heterocycles. The highest BCUT2D eigenvalue weighted by Crippen LogP contribution is 2.19. The zero-order chi connectivity index (χ0) is 9.14. The first kappa shape index (κ1) is 8.54. The molecule has 0 atom stereocenters. The van der Waals surface area contributed by atoms with Gasteiger partial charge < -0.3 is 4.90 Å². The molecule has 0 unspecified atom stereocenters. The molecule has 0 saturated carbocycles. The van der Waals surface area contributed by atoms with Crippen molar-refractivity contribution in [3.05, 3.63) is 29.6 Å². The SMILES string of the molecule is CN(C)c1cccc(F)c1C#N. The molecule has 0 N–H and O–H groups in total. The summed E-state index contributed by atoms with van der Waals surface area (Å²) in [5.74, 6) is -0.469. The first-order valence-corrected chi connectivity index (χ1v) is 3.52. The predicted molar refractivity (Wildman–Crippen MR) is 45.4 cm³/mol. The number of hydrogen-bond acceptors (Lipinski definition) is 2. The fraction of sp³-hybridized carbons (Fsp3) is 0.222. The van der Waals surface area contributed by atoms with Crippen LogP contribution in [-0.4, -0.2) is 14.1 Å². The molecule has 0 aromatic heterocycles. The molecule has 0 spiro atoms. The van der Waals surface area contributed by atoms with E-state index in [-0.39, 0.29) is 5.56 Å². The second-order valence-electron chi connectivity index (χ2n) is 2.64. The molecular formula is C9H9FN2. The van der Waals surface area contributed by atoms with Crippen molar-refractivity contribution >= 4 is 5.69 Å². The third-order valence-electron chi connectivity index (χ3n) is 1.59. The molecule has 0 radical (unpaired) electrons. The molecular weight excluding hydrogens is 155 g/mol. The van der Waals surface area contributed by atoms with Crippen molar-refractivity contribution in [1.29, 1.82) is 5.26 Å². The molecule has 12 heavy (non-hydrogen) atoms. The van der Waals surface area contributed by atoms with E-state index in [9.17, 15) is 4.39 Å². The van der Waals surface area contributed by atoms with Gasteiger partial charge in [-0.3, -0.25) is 0 Å².